The molecule has 0 aromatic heterocycles. The van der Waals surface area contributed by atoms with Crippen molar-refractivity contribution in [2.45, 2.75) is 60.3 Å². The van der Waals surface area contributed by atoms with E-state index in [1.165, 1.54) is 9.91 Å². The first-order chi connectivity index (χ1) is 10.7. The maximum Gasteiger partial charge on any atom is 0.407 e. The van der Waals surface area contributed by atoms with Crippen LogP contribution in [0.15, 0.2) is 5.10 Å². The average molecular weight is 325 g/mol. The Morgan fingerprint density at radius 2 is 1.96 bits per heavy atom. The van der Waals surface area contributed by atoms with E-state index in [4.69, 9.17) is 0 Å². The molecule has 0 atom stereocenters. The molecular formula is C17H31N3O3. The summed E-state index contributed by atoms with van der Waals surface area (Å²) in [6.07, 6.45) is 2.42. The maximum absolute atomic E-state index is 12.1. The molecule has 132 valence electrons. The van der Waals surface area contributed by atoms with E-state index in [0.717, 1.165) is 19.3 Å². The summed E-state index contributed by atoms with van der Waals surface area (Å²) in [5.41, 5.74) is 0.516. The third kappa shape index (κ3) is 6.59. The molecule has 0 aliphatic carbocycles. The summed E-state index contributed by atoms with van der Waals surface area (Å²) in [5, 5.41) is 15.2. The highest BCUT2D eigenvalue weighted by atomic mass is 16.4. The minimum Gasteiger partial charge on any atom is -0.465 e. The molecule has 23 heavy (non-hydrogen) atoms. The lowest BCUT2D eigenvalue weighted by molar-refractivity contribution is -0.128. The number of nitrogens with zero attached hydrogens (tertiary/aromatic N) is 3. The number of hydrogen-bond donors (Lipinski definition) is 1. The highest BCUT2D eigenvalue weighted by Gasteiger charge is 2.28. The number of carboxylic acid groups (broad SMARTS) is 1. The molecule has 0 aromatic rings. The van der Waals surface area contributed by atoms with Gasteiger partial charge in [-0.15, -0.1) is 0 Å². The van der Waals surface area contributed by atoms with Crippen molar-refractivity contribution in [2.24, 2.45) is 16.4 Å². The summed E-state index contributed by atoms with van der Waals surface area (Å²) in [5.74, 6) is 0.588. The van der Waals surface area contributed by atoms with Gasteiger partial charge in [-0.3, -0.25) is 4.79 Å². The molecular weight excluding hydrogens is 294 g/mol. The first-order valence-corrected chi connectivity index (χ1v) is 8.50. The minimum atomic E-state index is -0.967. The number of carbonyl (C=O) groups excluding carboxylic acids is 1. The molecule has 0 spiro atoms. The number of amides is 2. The van der Waals surface area contributed by atoms with Gasteiger partial charge >= 0.3 is 6.09 Å². The lowest BCUT2D eigenvalue weighted by atomic mass is 9.96. The topological polar surface area (TPSA) is 73.2 Å². The van der Waals surface area contributed by atoms with Crippen LogP contribution in [0.5, 0.6) is 0 Å². The second-order valence-corrected chi connectivity index (χ2v) is 7.53. The van der Waals surface area contributed by atoms with E-state index in [1.807, 2.05) is 20.8 Å². The Morgan fingerprint density at radius 3 is 2.43 bits per heavy atom. The predicted molar refractivity (Wildman–Crippen MR) is 91.5 cm³/mol. The van der Waals surface area contributed by atoms with E-state index in [2.05, 4.69) is 18.9 Å². The van der Waals surface area contributed by atoms with Crippen LogP contribution in [0.4, 0.5) is 4.79 Å². The monoisotopic (exact) mass is 325 g/mol. The van der Waals surface area contributed by atoms with Crippen LogP contribution < -0.4 is 0 Å². The summed E-state index contributed by atoms with van der Waals surface area (Å²) >= 11 is 0. The fraction of sp³-hybridized carbons (Fsp3) is 0.824. The highest BCUT2D eigenvalue weighted by molar-refractivity contribution is 6.06. The Balaban J connectivity index is 2.64. The van der Waals surface area contributed by atoms with Crippen molar-refractivity contribution in [3.05, 3.63) is 0 Å². The number of rotatable bonds is 8. The van der Waals surface area contributed by atoms with Crippen molar-refractivity contribution in [2.75, 3.05) is 19.6 Å². The minimum absolute atomic E-state index is 0.0212. The third-order valence-corrected chi connectivity index (χ3v) is 4.12. The van der Waals surface area contributed by atoms with E-state index in [-0.39, 0.29) is 24.3 Å². The van der Waals surface area contributed by atoms with Gasteiger partial charge < -0.3 is 10.0 Å². The molecule has 0 bridgehead atoms. The number of carbonyl (C=O) groups is 2. The van der Waals surface area contributed by atoms with Gasteiger partial charge in [0.25, 0.3) is 0 Å². The Morgan fingerprint density at radius 1 is 1.35 bits per heavy atom. The summed E-state index contributed by atoms with van der Waals surface area (Å²) < 4.78 is 0. The molecule has 0 fully saturated rings. The Kier molecular flexibility index (Phi) is 7.03. The van der Waals surface area contributed by atoms with Gasteiger partial charge in [0.2, 0.25) is 5.91 Å². The van der Waals surface area contributed by atoms with Crippen molar-refractivity contribution >= 4 is 17.7 Å². The van der Waals surface area contributed by atoms with Crippen LogP contribution in [0.1, 0.15) is 60.3 Å². The van der Waals surface area contributed by atoms with Gasteiger partial charge in [-0.2, -0.15) is 5.10 Å². The lowest BCUT2D eigenvalue weighted by Crippen LogP contribution is -2.40. The molecule has 1 aliphatic rings. The quantitative estimate of drug-likeness (QED) is 0.743. The normalized spacial score (nSPS) is 15.3. The molecule has 0 saturated carbocycles. The SMILES string of the molecule is CCC(CC)CCN1N=C(CN(CC(C)(C)C)C(=O)O)CC1=O. The molecule has 0 saturated heterocycles. The van der Waals surface area contributed by atoms with Crippen molar-refractivity contribution in [1.82, 2.24) is 9.91 Å². The maximum atomic E-state index is 12.1. The van der Waals surface area contributed by atoms with Gasteiger partial charge in [-0.05, 0) is 17.8 Å². The van der Waals surface area contributed by atoms with Crippen LogP contribution in [0.3, 0.4) is 0 Å². The summed E-state index contributed by atoms with van der Waals surface area (Å²) in [4.78, 5) is 24.8. The molecule has 1 heterocycles. The van der Waals surface area contributed by atoms with E-state index in [9.17, 15) is 14.7 Å². The molecule has 6 nitrogen and oxygen atoms in total. The van der Waals surface area contributed by atoms with Crippen LogP contribution in [-0.4, -0.2) is 52.4 Å². The van der Waals surface area contributed by atoms with Crippen molar-refractivity contribution in [3.63, 3.8) is 0 Å². The van der Waals surface area contributed by atoms with Crippen molar-refractivity contribution in [1.29, 1.82) is 0 Å². The van der Waals surface area contributed by atoms with Gasteiger partial charge in [0.05, 0.1) is 18.7 Å². The summed E-state index contributed by atoms with van der Waals surface area (Å²) in [6, 6.07) is 0. The fourth-order valence-corrected chi connectivity index (χ4v) is 2.78. The van der Waals surface area contributed by atoms with Crippen LogP contribution in [-0.2, 0) is 4.79 Å². The van der Waals surface area contributed by atoms with E-state index in [1.54, 1.807) is 0 Å². The fourth-order valence-electron chi connectivity index (χ4n) is 2.78. The van der Waals surface area contributed by atoms with Gasteiger partial charge in [0.1, 0.15) is 0 Å². The number of hydrazone groups is 1. The van der Waals surface area contributed by atoms with Crippen LogP contribution in [0.25, 0.3) is 0 Å². The van der Waals surface area contributed by atoms with Gasteiger partial charge in [-0.1, -0.05) is 47.5 Å². The van der Waals surface area contributed by atoms with Gasteiger partial charge in [0, 0.05) is 13.1 Å². The van der Waals surface area contributed by atoms with Gasteiger partial charge in [-0.25, -0.2) is 9.80 Å². The summed E-state index contributed by atoms with van der Waals surface area (Å²) in [7, 11) is 0. The Labute approximate surface area is 139 Å². The predicted octanol–water partition coefficient (Wildman–Crippen LogP) is 3.43. The molecule has 2 amide bonds. The molecule has 1 rings (SSSR count). The number of hydrogen-bond acceptors (Lipinski definition) is 3. The lowest BCUT2D eigenvalue weighted by Gasteiger charge is -2.27. The van der Waals surface area contributed by atoms with E-state index in [0.29, 0.717) is 24.7 Å². The molecule has 6 heteroatoms. The van der Waals surface area contributed by atoms with Crippen molar-refractivity contribution < 1.29 is 14.7 Å². The summed E-state index contributed by atoms with van der Waals surface area (Å²) in [6.45, 7) is 11.5. The average Bonchev–Trinajstić information content (AvgIpc) is 2.78. The standard InChI is InChI=1S/C17H31N3O3/c1-6-13(7-2)8-9-20-15(21)10-14(18-20)11-19(16(22)23)12-17(3,4)5/h13H,6-12H2,1-5H3,(H,22,23). The van der Waals surface area contributed by atoms with Gasteiger partial charge in [0.15, 0.2) is 0 Å². The largest absolute Gasteiger partial charge is 0.465 e. The van der Waals surface area contributed by atoms with Crippen molar-refractivity contribution in [3.8, 4) is 0 Å². The zero-order valence-electron chi connectivity index (χ0n) is 15.1. The highest BCUT2D eigenvalue weighted by Crippen LogP contribution is 2.19. The third-order valence-electron chi connectivity index (χ3n) is 4.12. The van der Waals surface area contributed by atoms with Crippen LogP contribution in [0.2, 0.25) is 0 Å². The van der Waals surface area contributed by atoms with Crippen LogP contribution in [0, 0.1) is 11.3 Å². The first kappa shape index (κ1) is 19.5. The Bertz CT molecular complexity index is 450. The molecule has 0 unspecified atom stereocenters. The second-order valence-electron chi connectivity index (χ2n) is 7.53. The molecule has 0 radical (unpaired) electrons. The first-order valence-electron chi connectivity index (χ1n) is 8.50. The van der Waals surface area contributed by atoms with E-state index >= 15 is 0 Å². The van der Waals surface area contributed by atoms with E-state index < -0.39 is 6.09 Å². The molecule has 0 aromatic carbocycles. The zero-order valence-corrected chi connectivity index (χ0v) is 15.1. The zero-order chi connectivity index (χ0) is 17.6. The van der Waals surface area contributed by atoms with Crippen LogP contribution >= 0.6 is 0 Å². The molecule has 1 N–H and O–H groups in total. The molecule has 1 aliphatic heterocycles. The second kappa shape index (κ2) is 8.31. The Hall–Kier alpha value is -1.59. The smallest absolute Gasteiger partial charge is 0.407 e.